The van der Waals surface area contributed by atoms with Gasteiger partial charge < -0.3 is 14.9 Å². The smallest absolute Gasteiger partial charge is 0.329 e. The molecule has 1 aliphatic heterocycles. The molecule has 0 amide bonds. The number of aliphatic hydroxyl groups excluding tert-OH is 2. The molecule has 4 N–H and O–H groups in total. The van der Waals surface area contributed by atoms with E-state index in [1.165, 1.54) is 10.8 Å². The first-order valence-corrected chi connectivity index (χ1v) is 12.3. The molecule has 0 radical (unpaired) electrons. The van der Waals surface area contributed by atoms with Crippen molar-refractivity contribution in [2.24, 2.45) is 0 Å². The van der Waals surface area contributed by atoms with Gasteiger partial charge in [0.05, 0.1) is 44.9 Å². The van der Waals surface area contributed by atoms with E-state index in [0.29, 0.717) is 38.3 Å². The number of aliphatic hydroxyl groups is 2. The molecule has 35 heavy (non-hydrogen) atoms. The van der Waals surface area contributed by atoms with Gasteiger partial charge in [-0.15, -0.1) is 0 Å². The maximum atomic E-state index is 11.9. The summed E-state index contributed by atoms with van der Waals surface area (Å²) in [6.45, 7) is 4.05. The molecule has 14 nitrogen and oxygen atoms in total. The van der Waals surface area contributed by atoms with Gasteiger partial charge in [0.15, 0.2) is 22.6 Å². The van der Waals surface area contributed by atoms with Crippen LogP contribution in [0.4, 0.5) is 0 Å². The summed E-state index contributed by atoms with van der Waals surface area (Å²) in [5.74, 6) is 0. The van der Waals surface area contributed by atoms with Gasteiger partial charge in [0, 0.05) is 26.2 Å². The van der Waals surface area contributed by atoms with Crippen LogP contribution in [0.25, 0.3) is 22.6 Å². The van der Waals surface area contributed by atoms with E-state index in [-0.39, 0.29) is 18.9 Å². The fourth-order valence-electron chi connectivity index (χ4n) is 3.61. The Morgan fingerprint density at radius 2 is 1.49 bits per heavy atom. The summed E-state index contributed by atoms with van der Waals surface area (Å²) < 4.78 is 9.22. The maximum Gasteiger partial charge on any atom is 0.329 e. The average Bonchev–Trinajstić information content (AvgIpc) is 3.34. The molecule has 4 aromatic heterocycles. The van der Waals surface area contributed by atoms with Crippen molar-refractivity contribution < 1.29 is 14.9 Å². The molecule has 0 aromatic carbocycles. The molecule has 4 aromatic rings. The van der Waals surface area contributed by atoms with Crippen LogP contribution in [0.1, 0.15) is 6.04 Å². The number of fused-ring (bicyclic) bond motifs is 2. The molecule has 0 atom stereocenters. The second-order valence-corrected chi connectivity index (χ2v) is 9.21. The van der Waals surface area contributed by atoms with Crippen molar-refractivity contribution in [3.63, 3.8) is 0 Å². The number of aromatic amines is 2. The first kappa shape index (κ1) is 25.6. The number of rotatable bonds is 6. The van der Waals surface area contributed by atoms with Crippen LogP contribution in [0.15, 0.2) is 31.2 Å². The molecular weight excluding hydrogens is 594 g/mol. The van der Waals surface area contributed by atoms with Crippen molar-refractivity contribution in [1.29, 1.82) is 0 Å². The van der Waals surface area contributed by atoms with Crippen molar-refractivity contribution in [2.75, 3.05) is 46.1 Å². The molecule has 5 heterocycles. The number of ether oxygens (including phenoxy) is 1. The summed E-state index contributed by atoms with van der Waals surface area (Å²) in [5.41, 5.74) is 1.11. The summed E-state index contributed by atoms with van der Waals surface area (Å²) in [6.07, 6.45) is 3.03. The van der Waals surface area contributed by atoms with Gasteiger partial charge in [0.25, 0.3) is 0 Å². The highest BCUT2D eigenvalue weighted by molar-refractivity contribution is 9.10. The lowest BCUT2D eigenvalue weighted by Crippen LogP contribution is -2.39. The van der Waals surface area contributed by atoms with E-state index < -0.39 is 11.7 Å². The molecular formula is C19H23Br2N9O5. The Morgan fingerprint density at radius 1 is 0.914 bits per heavy atom. The molecule has 0 bridgehead atoms. The Balaban J connectivity index is 0.000000168. The number of nitrogens with zero attached hydrogens (tertiary/aromatic N) is 7. The van der Waals surface area contributed by atoms with E-state index in [1.807, 2.05) is 0 Å². The monoisotopic (exact) mass is 615 g/mol. The Labute approximate surface area is 214 Å². The normalized spacial score (nSPS) is 14.5. The molecule has 0 aliphatic carbocycles. The lowest BCUT2D eigenvalue weighted by molar-refractivity contribution is 0.0364. The van der Waals surface area contributed by atoms with Crippen molar-refractivity contribution in [3.05, 3.63) is 42.6 Å². The number of aromatic nitrogens is 8. The van der Waals surface area contributed by atoms with Crippen molar-refractivity contribution in [3.8, 4) is 0 Å². The lowest BCUT2D eigenvalue weighted by Gasteiger charge is -2.26. The van der Waals surface area contributed by atoms with Crippen LogP contribution >= 0.6 is 31.9 Å². The van der Waals surface area contributed by atoms with Gasteiger partial charge in [0.1, 0.15) is 9.21 Å². The highest BCUT2D eigenvalue weighted by atomic mass is 79.9. The molecule has 0 spiro atoms. The van der Waals surface area contributed by atoms with Crippen LogP contribution in [0, 0.1) is 0 Å². The third-order valence-corrected chi connectivity index (χ3v) is 6.14. The maximum absolute atomic E-state index is 11.9. The number of halogens is 2. The zero-order valence-corrected chi connectivity index (χ0v) is 21.6. The fourth-order valence-corrected chi connectivity index (χ4v) is 4.15. The summed E-state index contributed by atoms with van der Waals surface area (Å²) >= 11 is 6.41. The number of nitrogens with one attached hydrogen (secondary N) is 2. The average molecular weight is 617 g/mol. The Hall–Kier alpha value is -2.50. The van der Waals surface area contributed by atoms with Gasteiger partial charge in [-0.1, -0.05) is 0 Å². The third kappa shape index (κ3) is 5.84. The van der Waals surface area contributed by atoms with E-state index in [9.17, 15) is 9.59 Å². The Kier molecular flexibility index (Phi) is 8.40. The first-order valence-electron chi connectivity index (χ1n) is 10.7. The predicted molar refractivity (Wildman–Crippen MR) is 132 cm³/mol. The number of morpholine rings is 1. The van der Waals surface area contributed by atoms with Gasteiger partial charge in [0.2, 0.25) is 0 Å². The Morgan fingerprint density at radius 3 is 2.11 bits per heavy atom. The van der Waals surface area contributed by atoms with E-state index in [2.05, 4.69) is 66.7 Å². The van der Waals surface area contributed by atoms with E-state index in [4.69, 9.17) is 14.9 Å². The summed E-state index contributed by atoms with van der Waals surface area (Å²) in [6, 6.07) is -0.718. The molecule has 1 saturated heterocycles. The van der Waals surface area contributed by atoms with E-state index in [0.717, 1.165) is 32.8 Å². The van der Waals surface area contributed by atoms with E-state index in [1.54, 1.807) is 10.8 Å². The van der Waals surface area contributed by atoms with Crippen LogP contribution in [0.5, 0.6) is 0 Å². The van der Waals surface area contributed by atoms with Gasteiger partial charge in [-0.25, -0.2) is 29.5 Å². The quantitative estimate of drug-likeness (QED) is 0.223. The van der Waals surface area contributed by atoms with E-state index >= 15 is 0 Å². The standard InChI is InChI=1S/C11H14BrN5O2.C8H9BrN4O3/c12-8-7-13-9-10(14-8)17(11(18)15-9)2-1-16-3-5-19-6-4-16;9-5-1-10-6-7(11-5)13(8(16)12-6)4(2-14)3-15/h7H,1-6H2,(H,13,15,18);1,4,14-15H,2-3H2,(H,10,12,16). The zero-order chi connectivity index (χ0) is 24.9. The molecule has 0 saturated carbocycles. The highest BCUT2D eigenvalue weighted by Crippen LogP contribution is 2.13. The van der Waals surface area contributed by atoms with Crippen molar-refractivity contribution >= 4 is 54.4 Å². The minimum absolute atomic E-state index is 0.165. The minimum atomic E-state index is -0.718. The SMILES string of the molecule is O=c1[nH]c2ncc(Br)nc2n1C(CO)CO.O=c1[nH]c2ncc(Br)nc2n1CCN1CCOCC1. The summed E-state index contributed by atoms with van der Waals surface area (Å²) in [7, 11) is 0. The molecule has 188 valence electrons. The predicted octanol–water partition coefficient (Wildman–Crippen LogP) is -0.378. The number of hydrogen-bond acceptors (Lipinski definition) is 10. The third-order valence-electron chi connectivity index (χ3n) is 5.38. The number of hydrogen-bond donors (Lipinski definition) is 4. The molecule has 1 aliphatic rings. The minimum Gasteiger partial charge on any atom is -0.394 e. The van der Waals surface area contributed by atoms with Crippen LogP contribution in [-0.4, -0.2) is 100 Å². The van der Waals surface area contributed by atoms with Crippen LogP contribution in [0.3, 0.4) is 0 Å². The molecule has 5 rings (SSSR count). The van der Waals surface area contributed by atoms with Gasteiger partial charge >= 0.3 is 11.4 Å². The first-order chi connectivity index (χ1) is 16.9. The van der Waals surface area contributed by atoms with Crippen LogP contribution in [0.2, 0.25) is 0 Å². The second-order valence-electron chi connectivity index (χ2n) is 7.58. The Bertz CT molecular complexity index is 1410. The number of H-pyrrole nitrogens is 2. The zero-order valence-electron chi connectivity index (χ0n) is 18.4. The topological polar surface area (TPSA) is 180 Å². The molecule has 1 fully saturated rings. The lowest BCUT2D eigenvalue weighted by atomic mass is 10.3. The van der Waals surface area contributed by atoms with Crippen LogP contribution in [-0.2, 0) is 11.3 Å². The van der Waals surface area contributed by atoms with Crippen molar-refractivity contribution in [1.82, 2.24) is 43.9 Å². The fraction of sp³-hybridized carbons (Fsp3) is 0.474. The molecule has 0 unspecified atom stereocenters. The van der Waals surface area contributed by atoms with Gasteiger partial charge in [-0.2, -0.15) is 0 Å². The highest BCUT2D eigenvalue weighted by Gasteiger charge is 2.17. The summed E-state index contributed by atoms with van der Waals surface area (Å²) in [5, 5.41) is 18.1. The number of imidazole rings is 2. The second kappa shape index (κ2) is 11.5. The van der Waals surface area contributed by atoms with Crippen molar-refractivity contribution in [2.45, 2.75) is 12.6 Å². The van der Waals surface area contributed by atoms with Crippen LogP contribution < -0.4 is 11.4 Å². The summed E-state index contributed by atoms with van der Waals surface area (Å²) in [4.78, 5) is 47.5. The van der Waals surface area contributed by atoms with Gasteiger partial charge in [-0.05, 0) is 31.9 Å². The van der Waals surface area contributed by atoms with Gasteiger partial charge in [-0.3, -0.25) is 24.0 Å². The largest absolute Gasteiger partial charge is 0.394 e. The molecule has 16 heteroatoms.